The van der Waals surface area contributed by atoms with Crippen LogP contribution >= 0.6 is 0 Å². The maximum Gasteiger partial charge on any atom is 0.336 e. The maximum atomic E-state index is 13.1. The van der Waals surface area contributed by atoms with Gasteiger partial charge in [0.1, 0.15) is 6.54 Å². The lowest BCUT2D eigenvalue weighted by Crippen LogP contribution is -2.42. The first-order valence-electron chi connectivity index (χ1n) is 9.33. The number of ether oxygens (including phenoxy) is 1. The van der Waals surface area contributed by atoms with Gasteiger partial charge in [0.2, 0.25) is 5.91 Å². The predicted octanol–water partition coefficient (Wildman–Crippen LogP) is 1.45. The topological polar surface area (TPSA) is 82.3 Å². The monoisotopic (exact) mass is 379 g/mol. The van der Waals surface area contributed by atoms with Crippen LogP contribution in [0.4, 0.5) is 0 Å². The maximum absolute atomic E-state index is 13.1. The van der Waals surface area contributed by atoms with Gasteiger partial charge in [-0.25, -0.2) is 9.36 Å². The smallest absolute Gasteiger partial charge is 0.336 e. The van der Waals surface area contributed by atoms with Crippen LogP contribution in [0.3, 0.4) is 0 Å². The van der Waals surface area contributed by atoms with Gasteiger partial charge in [0.25, 0.3) is 5.56 Å². The Bertz CT molecular complexity index is 1110. The van der Waals surface area contributed by atoms with Crippen molar-refractivity contribution in [2.75, 3.05) is 13.2 Å². The molecule has 3 aromatic rings. The predicted molar refractivity (Wildman–Crippen MR) is 106 cm³/mol. The van der Waals surface area contributed by atoms with Crippen LogP contribution < -0.4 is 16.6 Å². The lowest BCUT2D eigenvalue weighted by molar-refractivity contribution is -0.122. The van der Waals surface area contributed by atoms with Gasteiger partial charge in [0.15, 0.2) is 0 Å². The Morgan fingerprint density at radius 3 is 2.57 bits per heavy atom. The van der Waals surface area contributed by atoms with Crippen LogP contribution in [0.5, 0.6) is 0 Å². The van der Waals surface area contributed by atoms with Crippen molar-refractivity contribution in [2.24, 2.45) is 0 Å². The van der Waals surface area contributed by atoms with Crippen molar-refractivity contribution in [3.63, 3.8) is 0 Å². The van der Waals surface area contributed by atoms with E-state index in [4.69, 9.17) is 4.74 Å². The number of benzene rings is 2. The van der Waals surface area contributed by atoms with Crippen molar-refractivity contribution in [3.05, 3.63) is 75.4 Å². The summed E-state index contributed by atoms with van der Waals surface area (Å²) >= 11 is 0. The van der Waals surface area contributed by atoms with E-state index in [1.165, 1.54) is 4.57 Å². The molecule has 144 valence electrons. The van der Waals surface area contributed by atoms with E-state index in [-0.39, 0.29) is 18.6 Å². The van der Waals surface area contributed by atoms with Crippen LogP contribution in [0.25, 0.3) is 16.6 Å². The molecule has 1 aliphatic rings. The average molecular weight is 379 g/mol. The second-order valence-electron chi connectivity index (χ2n) is 6.80. The van der Waals surface area contributed by atoms with E-state index < -0.39 is 11.2 Å². The first kappa shape index (κ1) is 18.2. The minimum absolute atomic E-state index is 0.0238. The molecule has 1 aromatic heterocycles. The fourth-order valence-corrected chi connectivity index (χ4v) is 3.51. The summed E-state index contributed by atoms with van der Waals surface area (Å²) in [6.07, 6.45) is 1.94. The number of amides is 1. The molecule has 0 bridgehead atoms. The summed E-state index contributed by atoms with van der Waals surface area (Å²) in [5, 5.41) is 3.21. The van der Waals surface area contributed by atoms with Crippen molar-refractivity contribution < 1.29 is 9.53 Å². The van der Waals surface area contributed by atoms with Crippen molar-refractivity contribution in [1.29, 1.82) is 0 Å². The quantitative estimate of drug-likeness (QED) is 0.727. The van der Waals surface area contributed by atoms with Crippen LogP contribution in [0.2, 0.25) is 0 Å². The van der Waals surface area contributed by atoms with Gasteiger partial charge in [0.05, 0.1) is 22.7 Å². The molecule has 2 aromatic carbocycles. The average Bonchev–Trinajstić information content (AvgIpc) is 3.24. The Morgan fingerprint density at radius 1 is 1.07 bits per heavy atom. The number of carbonyl (C=O) groups is 1. The Kier molecular flexibility index (Phi) is 5.08. The summed E-state index contributed by atoms with van der Waals surface area (Å²) in [7, 11) is 0. The third-order valence-corrected chi connectivity index (χ3v) is 4.92. The molecule has 1 atom stereocenters. The van der Waals surface area contributed by atoms with Crippen molar-refractivity contribution >= 4 is 16.8 Å². The summed E-state index contributed by atoms with van der Waals surface area (Å²) in [4.78, 5) is 38.5. The SMILES string of the molecule is O=C(Cn1c(=O)n(-c2ccccc2)c(=O)c2ccccc21)NC[C@@H]1CCCO1. The molecule has 7 nitrogen and oxygen atoms in total. The van der Waals surface area contributed by atoms with Gasteiger partial charge in [-0.1, -0.05) is 30.3 Å². The van der Waals surface area contributed by atoms with Gasteiger partial charge in [-0.05, 0) is 37.1 Å². The molecule has 1 N–H and O–H groups in total. The molecular formula is C21H21N3O4. The van der Waals surface area contributed by atoms with E-state index >= 15 is 0 Å². The molecule has 4 rings (SSSR count). The second-order valence-corrected chi connectivity index (χ2v) is 6.80. The van der Waals surface area contributed by atoms with Crippen molar-refractivity contribution in [3.8, 4) is 5.69 Å². The highest BCUT2D eigenvalue weighted by atomic mass is 16.5. The summed E-state index contributed by atoms with van der Waals surface area (Å²) in [6, 6.07) is 15.5. The first-order valence-corrected chi connectivity index (χ1v) is 9.33. The van der Waals surface area contributed by atoms with E-state index in [1.807, 2.05) is 6.07 Å². The Morgan fingerprint density at radius 2 is 1.82 bits per heavy atom. The molecule has 1 saturated heterocycles. The Balaban J connectivity index is 1.73. The van der Waals surface area contributed by atoms with Crippen LogP contribution in [0, 0.1) is 0 Å². The zero-order valence-electron chi connectivity index (χ0n) is 15.3. The molecule has 0 unspecified atom stereocenters. The van der Waals surface area contributed by atoms with Gasteiger partial charge in [-0.3, -0.25) is 14.2 Å². The van der Waals surface area contributed by atoms with Crippen LogP contribution in [0.1, 0.15) is 12.8 Å². The number of para-hydroxylation sites is 2. The number of hydrogen-bond donors (Lipinski definition) is 1. The minimum Gasteiger partial charge on any atom is -0.376 e. The number of carbonyl (C=O) groups excluding carboxylic acids is 1. The molecular weight excluding hydrogens is 358 g/mol. The number of nitrogens with one attached hydrogen (secondary N) is 1. The first-order chi connectivity index (χ1) is 13.6. The van der Waals surface area contributed by atoms with Crippen molar-refractivity contribution in [1.82, 2.24) is 14.5 Å². The number of hydrogen-bond acceptors (Lipinski definition) is 4. The number of rotatable bonds is 5. The molecule has 28 heavy (non-hydrogen) atoms. The minimum atomic E-state index is -0.540. The lowest BCUT2D eigenvalue weighted by Gasteiger charge is -2.15. The van der Waals surface area contributed by atoms with Gasteiger partial charge in [-0.15, -0.1) is 0 Å². The number of nitrogens with zero attached hydrogens (tertiary/aromatic N) is 2. The highest BCUT2D eigenvalue weighted by Gasteiger charge is 2.19. The number of aromatic nitrogens is 2. The largest absolute Gasteiger partial charge is 0.376 e. The third kappa shape index (κ3) is 3.48. The fourth-order valence-electron chi connectivity index (χ4n) is 3.51. The summed E-state index contributed by atoms with van der Waals surface area (Å²) in [6.45, 7) is 0.968. The van der Waals surface area contributed by atoms with Crippen LogP contribution in [0.15, 0.2) is 64.2 Å². The third-order valence-electron chi connectivity index (χ3n) is 4.92. The van der Waals surface area contributed by atoms with Gasteiger partial charge in [0, 0.05) is 13.2 Å². The standard InChI is InChI=1S/C21H21N3O4/c25-19(22-13-16-9-6-12-28-16)14-23-18-11-5-4-10-17(18)20(26)24(21(23)27)15-7-2-1-3-8-15/h1-5,7-8,10-11,16H,6,9,12-14H2,(H,22,25)/t16-/m0/s1. The van der Waals surface area contributed by atoms with E-state index in [0.29, 0.717) is 29.7 Å². The van der Waals surface area contributed by atoms with E-state index in [1.54, 1.807) is 48.5 Å². The van der Waals surface area contributed by atoms with Gasteiger partial charge < -0.3 is 10.1 Å². The second kappa shape index (κ2) is 7.82. The van der Waals surface area contributed by atoms with E-state index in [9.17, 15) is 14.4 Å². The molecule has 0 radical (unpaired) electrons. The summed E-state index contributed by atoms with van der Waals surface area (Å²) in [5.74, 6) is -0.291. The fraction of sp³-hybridized carbons (Fsp3) is 0.286. The highest BCUT2D eigenvalue weighted by Crippen LogP contribution is 2.11. The van der Waals surface area contributed by atoms with E-state index in [2.05, 4.69) is 5.32 Å². The van der Waals surface area contributed by atoms with Crippen molar-refractivity contribution in [2.45, 2.75) is 25.5 Å². The van der Waals surface area contributed by atoms with Gasteiger partial charge >= 0.3 is 5.69 Å². The molecule has 0 spiro atoms. The van der Waals surface area contributed by atoms with Gasteiger partial charge in [-0.2, -0.15) is 0 Å². The number of fused-ring (bicyclic) bond motifs is 1. The molecule has 1 amide bonds. The zero-order chi connectivity index (χ0) is 19.5. The molecule has 1 fully saturated rings. The van der Waals surface area contributed by atoms with Crippen LogP contribution in [-0.4, -0.2) is 34.3 Å². The molecule has 2 heterocycles. The van der Waals surface area contributed by atoms with E-state index in [0.717, 1.165) is 17.4 Å². The lowest BCUT2D eigenvalue weighted by atomic mass is 10.2. The Hall–Kier alpha value is -3.19. The molecule has 1 aliphatic heterocycles. The molecule has 7 heteroatoms. The normalized spacial score (nSPS) is 16.4. The highest BCUT2D eigenvalue weighted by molar-refractivity contribution is 5.81. The molecule has 0 aliphatic carbocycles. The Labute approximate surface area is 161 Å². The van der Waals surface area contributed by atoms with Crippen LogP contribution in [-0.2, 0) is 16.1 Å². The summed E-state index contributed by atoms with van der Waals surface area (Å²) < 4.78 is 7.96. The summed E-state index contributed by atoms with van der Waals surface area (Å²) in [5.41, 5.74) is -0.0290. The zero-order valence-corrected chi connectivity index (χ0v) is 15.3. The molecule has 0 saturated carbocycles.